The van der Waals surface area contributed by atoms with Crippen LogP contribution in [0.4, 0.5) is 0 Å². The summed E-state index contributed by atoms with van der Waals surface area (Å²) in [4.78, 5) is 4.92. The van der Waals surface area contributed by atoms with Crippen LogP contribution in [0.25, 0.3) is 0 Å². The molecule has 0 unspecified atom stereocenters. The molecule has 0 aliphatic carbocycles. The van der Waals surface area contributed by atoms with Crippen molar-refractivity contribution in [3.8, 4) is 11.5 Å². The Labute approximate surface area is 138 Å². The zero-order chi connectivity index (χ0) is 15.9. The van der Waals surface area contributed by atoms with Crippen LogP contribution in [0.1, 0.15) is 18.9 Å². The minimum absolute atomic E-state index is 0.582. The number of piperazine rings is 1. The van der Waals surface area contributed by atoms with Crippen molar-refractivity contribution in [2.75, 3.05) is 53.5 Å². The van der Waals surface area contributed by atoms with Crippen LogP contribution in [-0.4, -0.2) is 63.3 Å². The van der Waals surface area contributed by atoms with Crippen LogP contribution in [0.3, 0.4) is 0 Å². The van der Waals surface area contributed by atoms with Crippen molar-refractivity contribution in [1.29, 1.82) is 0 Å². The monoisotopic (exact) mass is 326 g/mol. The van der Waals surface area contributed by atoms with Crippen molar-refractivity contribution in [3.63, 3.8) is 0 Å². The van der Waals surface area contributed by atoms with Crippen LogP contribution in [0.2, 0.25) is 5.02 Å². The van der Waals surface area contributed by atoms with E-state index in [1.807, 2.05) is 19.1 Å². The van der Waals surface area contributed by atoms with Gasteiger partial charge in [-0.05, 0) is 51.1 Å². The van der Waals surface area contributed by atoms with Gasteiger partial charge in [0.05, 0.1) is 18.7 Å². The summed E-state index contributed by atoms with van der Waals surface area (Å²) in [6, 6.07) is 4.04. The van der Waals surface area contributed by atoms with Gasteiger partial charge >= 0.3 is 0 Å². The summed E-state index contributed by atoms with van der Waals surface area (Å²) in [6.45, 7) is 8.35. The van der Waals surface area contributed by atoms with Gasteiger partial charge in [0, 0.05) is 26.2 Å². The second-order valence-corrected chi connectivity index (χ2v) is 6.20. The van der Waals surface area contributed by atoms with Crippen molar-refractivity contribution in [3.05, 3.63) is 22.7 Å². The third-order valence-electron chi connectivity index (χ3n) is 4.11. The molecule has 0 radical (unpaired) electrons. The fourth-order valence-electron chi connectivity index (χ4n) is 2.78. The molecule has 0 saturated carbocycles. The minimum Gasteiger partial charge on any atom is -0.493 e. The third kappa shape index (κ3) is 4.77. The lowest BCUT2D eigenvalue weighted by Gasteiger charge is -2.32. The smallest absolute Gasteiger partial charge is 0.179 e. The van der Waals surface area contributed by atoms with Crippen LogP contribution in [0.5, 0.6) is 11.5 Å². The highest BCUT2D eigenvalue weighted by molar-refractivity contribution is 6.32. The second kappa shape index (κ2) is 8.61. The second-order valence-electron chi connectivity index (χ2n) is 5.79. The molecule has 5 heteroatoms. The van der Waals surface area contributed by atoms with E-state index in [1.165, 1.54) is 31.7 Å². The van der Waals surface area contributed by atoms with Gasteiger partial charge in [-0.15, -0.1) is 0 Å². The number of aryl methyl sites for hydroxylation is 1. The Morgan fingerprint density at radius 1 is 1.18 bits per heavy atom. The molecule has 1 saturated heterocycles. The van der Waals surface area contributed by atoms with E-state index in [4.69, 9.17) is 21.1 Å². The summed E-state index contributed by atoms with van der Waals surface area (Å²) in [5.74, 6) is 1.37. The number of hydrogen-bond donors (Lipinski definition) is 0. The van der Waals surface area contributed by atoms with Crippen LogP contribution in [-0.2, 0) is 6.42 Å². The average Bonchev–Trinajstić information content (AvgIpc) is 2.51. The topological polar surface area (TPSA) is 24.9 Å². The molecular weight excluding hydrogens is 300 g/mol. The fraction of sp³-hybridized carbons (Fsp3) is 0.647. The SMILES string of the molecule is CCOc1c(Cl)cc(CCCN2CCN(C)CC2)cc1OC. The first-order valence-corrected chi connectivity index (χ1v) is 8.42. The lowest BCUT2D eigenvalue weighted by atomic mass is 10.1. The first-order chi connectivity index (χ1) is 10.6. The molecule has 4 nitrogen and oxygen atoms in total. The lowest BCUT2D eigenvalue weighted by molar-refractivity contribution is 0.153. The van der Waals surface area contributed by atoms with E-state index in [9.17, 15) is 0 Å². The quantitative estimate of drug-likeness (QED) is 0.769. The molecule has 0 aromatic heterocycles. The van der Waals surface area contributed by atoms with E-state index in [0.717, 1.165) is 25.1 Å². The van der Waals surface area contributed by atoms with Gasteiger partial charge < -0.3 is 19.3 Å². The maximum absolute atomic E-state index is 6.31. The number of halogens is 1. The number of nitrogens with zero attached hydrogens (tertiary/aromatic N) is 2. The highest BCUT2D eigenvalue weighted by atomic mass is 35.5. The summed E-state index contributed by atoms with van der Waals surface area (Å²) in [5.41, 5.74) is 1.21. The van der Waals surface area contributed by atoms with E-state index in [1.54, 1.807) is 7.11 Å². The summed E-state index contributed by atoms with van der Waals surface area (Å²) >= 11 is 6.31. The molecule has 0 amide bonds. The Balaban J connectivity index is 1.88. The minimum atomic E-state index is 0.582. The van der Waals surface area contributed by atoms with Crippen molar-refractivity contribution in [1.82, 2.24) is 9.80 Å². The molecule has 1 aromatic carbocycles. The number of hydrogen-bond acceptors (Lipinski definition) is 4. The summed E-state index contributed by atoms with van der Waals surface area (Å²) in [6.07, 6.45) is 2.14. The molecular formula is C17H27ClN2O2. The first-order valence-electron chi connectivity index (χ1n) is 8.04. The van der Waals surface area contributed by atoms with Crippen molar-refractivity contribution in [2.24, 2.45) is 0 Å². The van der Waals surface area contributed by atoms with Gasteiger partial charge in [0.1, 0.15) is 0 Å². The molecule has 1 heterocycles. The number of methoxy groups -OCH3 is 1. The number of ether oxygens (including phenoxy) is 2. The fourth-order valence-corrected chi connectivity index (χ4v) is 3.07. The van der Waals surface area contributed by atoms with Crippen LogP contribution < -0.4 is 9.47 Å². The van der Waals surface area contributed by atoms with Crippen LogP contribution in [0, 0.1) is 0 Å². The van der Waals surface area contributed by atoms with E-state index in [0.29, 0.717) is 17.4 Å². The number of benzene rings is 1. The molecule has 0 N–H and O–H groups in total. The molecule has 1 aliphatic heterocycles. The molecule has 22 heavy (non-hydrogen) atoms. The largest absolute Gasteiger partial charge is 0.493 e. The standard InChI is InChI=1S/C17H27ClN2O2/c1-4-22-17-15(18)12-14(13-16(17)21-3)6-5-7-20-10-8-19(2)9-11-20/h12-13H,4-11H2,1-3H3. The Hall–Kier alpha value is -0.970. The highest BCUT2D eigenvalue weighted by Crippen LogP contribution is 2.36. The zero-order valence-electron chi connectivity index (χ0n) is 13.9. The van der Waals surface area contributed by atoms with Crippen molar-refractivity contribution in [2.45, 2.75) is 19.8 Å². The summed E-state index contributed by atoms with van der Waals surface area (Å²) in [5, 5.41) is 0.635. The predicted molar refractivity (Wildman–Crippen MR) is 91.4 cm³/mol. The lowest BCUT2D eigenvalue weighted by Crippen LogP contribution is -2.44. The summed E-state index contributed by atoms with van der Waals surface area (Å²) < 4.78 is 11.0. The summed E-state index contributed by atoms with van der Waals surface area (Å²) in [7, 11) is 3.84. The zero-order valence-corrected chi connectivity index (χ0v) is 14.7. The average molecular weight is 327 g/mol. The Morgan fingerprint density at radius 3 is 2.55 bits per heavy atom. The Morgan fingerprint density at radius 2 is 1.91 bits per heavy atom. The predicted octanol–water partition coefficient (Wildman–Crippen LogP) is 2.93. The number of rotatable bonds is 7. The maximum Gasteiger partial charge on any atom is 0.179 e. The third-order valence-corrected chi connectivity index (χ3v) is 4.39. The van der Waals surface area contributed by atoms with E-state index in [2.05, 4.69) is 16.8 Å². The molecule has 0 atom stereocenters. The van der Waals surface area contributed by atoms with Crippen LogP contribution in [0.15, 0.2) is 12.1 Å². The maximum atomic E-state index is 6.31. The molecule has 1 aliphatic rings. The number of likely N-dealkylation sites (N-methyl/N-ethyl adjacent to an activating group) is 1. The van der Waals surface area contributed by atoms with Crippen molar-refractivity contribution >= 4 is 11.6 Å². The van der Waals surface area contributed by atoms with Gasteiger partial charge in [-0.1, -0.05) is 11.6 Å². The first kappa shape index (κ1) is 17.4. The van der Waals surface area contributed by atoms with E-state index in [-0.39, 0.29) is 0 Å². The van der Waals surface area contributed by atoms with Gasteiger partial charge in [0.2, 0.25) is 0 Å². The van der Waals surface area contributed by atoms with Gasteiger partial charge in [0.25, 0.3) is 0 Å². The Kier molecular flexibility index (Phi) is 6.80. The molecule has 2 rings (SSSR count). The molecule has 124 valence electrons. The van der Waals surface area contributed by atoms with E-state index < -0.39 is 0 Å². The van der Waals surface area contributed by atoms with Gasteiger partial charge in [0.15, 0.2) is 11.5 Å². The van der Waals surface area contributed by atoms with Crippen molar-refractivity contribution < 1.29 is 9.47 Å². The van der Waals surface area contributed by atoms with Gasteiger partial charge in [-0.3, -0.25) is 0 Å². The molecule has 1 aromatic rings. The molecule has 0 spiro atoms. The normalized spacial score (nSPS) is 16.7. The highest BCUT2D eigenvalue weighted by Gasteiger charge is 2.14. The molecule has 1 fully saturated rings. The van der Waals surface area contributed by atoms with Gasteiger partial charge in [-0.25, -0.2) is 0 Å². The van der Waals surface area contributed by atoms with Gasteiger partial charge in [-0.2, -0.15) is 0 Å². The molecule has 0 bridgehead atoms. The van der Waals surface area contributed by atoms with Crippen LogP contribution >= 0.6 is 11.6 Å². The Bertz CT molecular complexity index is 474. The van der Waals surface area contributed by atoms with E-state index >= 15 is 0 Å².